The van der Waals surface area contributed by atoms with Gasteiger partial charge < -0.3 is 19.5 Å². The summed E-state index contributed by atoms with van der Waals surface area (Å²) in [7, 11) is 2.96. The molecule has 0 saturated heterocycles. The van der Waals surface area contributed by atoms with E-state index in [1.807, 2.05) is 0 Å². The number of nitrogens with one attached hydrogen (secondary N) is 1. The van der Waals surface area contributed by atoms with Crippen molar-refractivity contribution in [2.24, 2.45) is 10.9 Å². The SMILES string of the molecule is C=Nc1cc(OC)c(OC)cc1/C(=C\C)Oc1ccc(NC(=O)c2cn(CC3CC3)c(=O)n(-c3ccc(F)cc3)c2=O)cc1F. The van der Waals surface area contributed by atoms with Crippen LogP contribution in [0.15, 0.2) is 81.5 Å². The Morgan fingerprint density at radius 2 is 1.69 bits per heavy atom. The topological polar surface area (TPSA) is 113 Å². The molecule has 0 spiro atoms. The fourth-order valence-electron chi connectivity index (χ4n) is 4.73. The highest BCUT2D eigenvalue weighted by molar-refractivity contribution is 6.03. The molecule has 12 heteroatoms. The van der Waals surface area contributed by atoms with Gasteiger partial charge in [0.15, 0.2) is 23.1 Å². The van der Waals surface area contributed by atoms with E-state index in [2.05, 4.69) is 17.0 Å². The predicted octanol–water partition coefficient (Wildman–Crippen LogP) is 5.73. The Morgan fingerprint density at radius 3 is 2.29 bits per heavy atom. The Hall–Kier alpha value is -5.52. The van der Waals surface area contributed by atoms with Crippen LogP contribution >= 0.6 is 0 Å². The summed E-state index contributed by atoms with van der Waals surface area (Å²) in [6.07, 6.45) is 4.67. The number of aromatic nitrogens is 2. The van der Waals surface area contributed by atoms with Gasteiger partial charge in [0, 0.05) is 36.1 Å². The summed E-state index contributed by atoms with van der Waals surface area (Å²) in [5.41, 5.74) is -0.835. The van der Waals surface area contributed by atoms with Crippen molar-refractivity contribution in [2.45, 2.75) is 26.3 Å². The summed E-state index contributed by atoms with van der Waals surface area (Å²) in [5.74, 6) is -1.01. The van der Waals surface area contributed by atoms with Gasteiger partial charge in [-0.2, -0.15) is 0 Å². The first-order valence-electron chi connectivity index (χ1n) is 14.0. The van der Waals surface area contributed by atoms with E-state index in [4.69, 9.17) is 14.2 Å². The van der Waals surface area contributed by atoms with Gasteiger partial charge in [-0.15, -0.1) is 0 Å². The number of ether oxygens (including phenoxy) is 3. The molecule has 3 aromatic carbocycles. The molecule has 0 bridgehead atoms. The third-order valence-corrected chi connectivity index (χ3v) is 7.25. The Bertz CT molecular complexity index is 1930. The lowest BCUT2D eigenvalue weighted by Gasteiger charge is -2.16. The number of methoxy groups -OCH3 is 2. The van der Waals surface area contributed by atoms with Gasteiger partial charge in [-0.3, -0.25) is 19.1 Å². The maximum absolute atomic E-state index is 15.3. The van der Waals surface area contributed by atoms with Gasteiger partial charge in [-0.25, -0.2) is 18.1 Å². The number of benzene rings is 3. The van der Waals surface area contributed by atoms with Gasteiger partial charge in [0.1, 0.15) is 17.1 Å². The number of carbonyl (C=O) groups is 1. The fourth-order valence-corrected chi connectivity index (χ4v) is 4.73. The van der Waals surface area contributed by atoms with Gasteiger partial charge in [0.2, 0.25) is 0 Å². The van der Waals surface area contributed by atoms with Crippen LogP contribution in [0.25, 0.3) is 11.4 Å². The number of aliphatic imine (C=N–C) groups is 1. The monoisotopic (exact) mass is 616 g/mol. The molecule has 45 heavy (non-hydrogen) atoms. The molecule has 232 valence electrons. The minimum Gasteiger partial charge on any atom is -0.493 e. The van der Waals surface area contributed by atoms with E-state index in [0.29, 0.717) is 29.3 Å². The molecule has 1 saturated carbocycles. The van der Waals surface area contributed by atoms with Gasteiger partial charge >= 0.3 is 5.69 Å². The Morgan fingerprint density at radius 1 is 1.00 bits per heavy atom. The number of halogens is 2. The molecule has 10 nitrogen and oxygen atoms in total. The van der Waals surface area contributed by atoms with E-state index in [-0.39, 0.29) is 34.4 Å². The lowest BCUT2D eigenvalue weighted by Crippen LogP contribution is -2.42. The summed E-state index contributed by atoms with van der Waals surface area (Å²) in [4.78, 5) is 43.9. The molecule has 4 aromatic rings. The molecule has 1 heterocycles. The maximum atomic E-state index is 15.3. The van der Waals surface area contributed by atoms with Gasteiger partial charge in [-0.1, -0.05) is 0 Å². The highest BCUT2D eigenvalue weighted by atomic mass is 19.1. The second kappa shape index (κ2) is 13.0. The van der Waals surface area contributed by atoms with Gasteiger partial charge in [-0.05, 0) is 80.9 Å². The maximum Gasteiger partial charge on any atom is 0.335 e. The molecule has 0 unspecified atom stereocenters. The van der Waals surface area contributed by atoms with Crippen LogP contribution in [0.2, 0.25) is 0 Å². The zero-order valence-electron chi connectivity index (χ0n) is 24.8. The van der Waals surface area contributed by atoms with Crippen LogP contribution in [0.3, 0.4) is 0 Å². The van der Waals surface area contributed by atoms with Gasteiger partial charge in [0.05, 0.1) is 25.6 Å². The number of rotatable bonds is 11. The molecule has 1 fully saturated rings. The van der Waals surface area contributed by atoms with E-state index >= 15 is 4.39 Å². The van der Waals surface area contributed by atoms with Crippen molar-refractivity contribution >= 4 is 29.8 Å². The minimum absolute atomic E-state index is 0.0408. The Kier molecular flexibility index (Phi) is 8.93. The number of allylic oxidation sites excluding steroid dienone is 1. The van der Waals surface area contributed by atoms with Crippen molar-refractivity contribution in [3.8, 4) is 22.9 Å². The summed E-state index contributed by atoms with van der Waals surface area (Å²) in [6, 6.07) is 11.8. The number of hydrogen-bond acceptors (Lipinski definition) is 7. The molecule has 0 aliphatic heterocycles. The van der Waals surface area contributed by atoms with Crippen molar-refractivity contribution in [2.75, 3.05) is 19.5 Å². The molecule has 0 radical (unpaired) electrons. The highest BCUT2D eigenvalue weighted by Crippen LogP contribution is 2.39. The van der Waals surface area contributed by atoms with E-state index in [1.54, 1.807) is 25.1 Å². The van der Waals surface area contributed by atoms with Crippen molar-refractivity contribution in [1.82, 2.24) is 9.13 Å². The molecule has 0 atom stereocenters. The summed E-state index contributed by atoms with van der Waals surface area (Å²) < 4.78 is 47.5. The molecule has 1 amide bonds. The number of carbonyl (C=O) groups excluding carboxylic acids is 1. The number of anilines is 1. The molecule has 5 rings (SSSR count). The number of hydrogen-bond donors (Lipinski definition) is 1. The van der Waals surface area contributed by atoms with Crippen LogP contribution in [0.4, 0.5) is 20.2 Å². The first-order chi connectivity index (χ1) is 21.7. The molecular weight excluding hydrogens is 586 g/mol. The fraction of sp³-hybridized carbons (Fsp3) is 0.212. The number of amides is 1. The molecule has 1 aliphatic rings. The average Bonchev–Trinajstić information content (AvgIpc) is 3.86. The average molecular weight is 617 g/mol. The molecule has 1 N–H and O–H groups in total. The van der Waals surface area contributed by atoms with E-state index in [1.165, 1.54) is 49.2 Å². The zero-order chi connectivity index (χ0) is 32.2. The quantitative estimate of drug-likeness (QED) is 0.170. The summed E-state index contributed by atoms with van der Waals surface area (Å²) >= 11 is 0. The third-order valence-electron chi connectivity index (χ3n) is 7.25. The van der Waals surface area contributed by atoms with Crippen LogP contribution in [0.5, 0.6) is 17.2 Å². The van der Waals surface area contributed by atoms with E-state index in [0.717, 1.165) is 35.6 Å². The standard InChI is InChI=1S/C33H30F2N4O6/c1-5-27(23-15-29(43-3)30(44-4)16-26(23)36-2)45-28-13-10-21(14-25(28)35)37-31(40)24-18-38(17-19-6-7-19)33(42)39(32(24)41)22-11-8-20(34)9-12-22/h5,8-16,18-19H,2,6-7,17H2,1,3-4H3,(H,37,40)/b27-5+. The van der Waals surface area contributed by atoms with Crippen molar-refractivity contribution in [3.63, 3.8) is 0 Å². The van der Waals surface area contributed by atoms with Crippen LogP contribution < -0.4 is 30.8 Å². The predicted molar refractivity (Wildman–Crippen MR) is 166 cm³/mol. The highest BCUT2D eigenvalue weighted by Gasteiger charge is 2.25. The minimum atomic E-state index is -0.893. The van der Waals surface area contributed by atoms with E-state index in [9.17, 15) is 18.8 Å². The smallest absolute Gasteiger partial charge is 0.335 e. The normalized spacial score (nSPS) is 12.9. The molecule has 1 aromatic heterocycles. The van der Waals surface area contributed by atoms with Crippen LogP contribution in [0.1, 0.15) is 35.7 Å². The van der Waals surface area contributed by atoms with Crippen LogP contribution in [0, 0.1) is 17.6 Å². The number of nitrogens with zero attached hydrogens (tertiary/aromatic N) is 3. The molecular formula is C33H30F2N4O6. The first-order valence-corrected chi connectivity index (χ1v) is 14.0. The van der Waals surface area contributed by atoms with Crippen molar-refractivity contribution in [3.05, 3.63) is 110 Å². The first kappa shape index (κ1) is 30.9. The largest absolute Gasteiger partial charge is 0.493 e. The van der Waals surface area contributed by atoms with Crippen molar-refractivity contribution < 1.29 is 27.8 Å². The van der Waals surface area contributed by atoms with Crippen LogP contribution in [-0.4, -0.2) is 36.0 Å². The lowest BCUT2D eigenvalue weighted by atomic mass is 10.1. The van der Waals surface area contributed by atoms with Gasteiger partial charge in [0.25, 0.3) is 11.5 Å². The lowest BCUT2D eigenvalue weighted by molar-refractivity contribution is 0.102. The zero-order valence-corrected chi connectivity index (χ0v) is 24.8. The van der Waals surface area contributed by atoms with E-state index < -0.39 is 28.8 Å². The summed E-state index contributed by atoms with van der Waals surface area (Å²) in [6.45, 7) is 5.60. The van der Waals surface area contributed by atoms with Crippen molar-refractivity contribution in [1.29, 1.82) is 0 Å². The summed E-state index contributed by atoms with van der Waals surface area (Å²) in [5, 5.41) is 2.52. The Balaban J connectivity index is 1.43. The van der Waals surface area contributed by atoms with Crippen LogP contribution in [-0.2, 0) is 6.54 Å². The molecule has 1 aliphatic carbocycles. The second-order valence-electron chi connectivity index (χ2n) is 10.3. The third kappa shape index (κ3) is 6.54. The second-order valence-corrected chi connectivity index (χ2v) is 10.3. The Labute approximate surface area is 256 Å².